The van der Waals surface area contributed by atoms with Gasteiger partial charge in [-0.2, -0.15) is 0 Å². The number of piperidine rings is 1. The zero-order chi connectivity index (χ0) is 21.7. The summed E-state index contributed by atoms with van der Waals surface area (Å²) in [6.07, 6.45) is 2.33. The SMILES string of the molecule is CC(C)Oc1ccc(C(C)(C)C(N)=O)cc1CN[C@H]1CCCN[C@H]1c1ccccc1. The molecule has 0 saturated carbocycles. The molecular weight excluding hydrogens is 374 g/mol. The van der Waals surface area contributed by atoms with Gasteiger partial charge in [-0.1, -0.05) is 36.4 Å². The Morgan fingerprint density at radius 2 is 1.97 bits per heavy atom. The number of carbonyl (C=O) groups is 1. The second kappa shape index (κ2) is 9.63. The fourth-order valence-electron chi connectivity index (χ4n) is 3.98. The molecule has 5 heteroatoms. The normalized spacial score (nSPS) is 19.6. The van der Waals surface area contributed by atoms with E-state index in [0.717, 1.165) is 36.3 Å². The topological polar surface area (TPSA) is 76.4 Å². The monoisotopic (exact) mass is 409 g/mol. The predicted octanol–water partition coefficient (Wildman–Crippen LogP) is 3.82. The number of rotatable bonds is 8. The summed E-state index contributed by atoms with van der Waals surface area (Å²) in [6.45, 7) is 9.47. The van der Waals surface area contributed by atoms with Crippen LogP contribution in [0.2, 0.25) is 0 Å². The summed E-state index contributed by atoms with van der Waals surface area (Å²) in [5, 5.41) is 7.41. The third-order valence-corrected chi connectivity index (χ3v) is 5.93. The highest BCUT2D eigenvalue weighted by molar-refractivity contribution is 5.85. The van der Waals surface area contributed by atoms with Gasteiger partial charge in [-0.15, -0.1) is 0 Å². The van der Waals surface area contributed by atoms with Crippen molar-refractivity contribution < 1.29 is 9.53 Å². The predicted molar refractivity (Wildman–Crippen MR) is 121 cm³/mol. The third-order valence-electron chi connectivity index (χ3n) is 5.93. The van der Waals surface area contributed by atoms with E-state index in [2.05, 4.69) is 47.0 Å². The zero-order valence-corrected chi connectivity index (χ0v) is 18.6. The van der Waals surface area contributed by atoms with Crippen LogP contribution < -0.4 is 21.1 Å². The Hall–Kier alpha value is -2.37. The standard InChI is InChI=1S/C25H35N3O2/c1-17(2)30-22-13-12-20(25(3,4)24(26)29)15-19(22)16-28-21-11-8-14-27-23(21)18-9-6-5-7-10-18/h5-7,9-10,12-13,15,17,21,23,27-28H,8,11,14,16H2,1-4H3,(H2,26,29)/t21-,23-/m0/s1. The lowest BCUT2D eigenvalue weighted by molar-refractivity contribution is -0.122. The molecule has 1 amide bonds. The number of ether oxygens (including phenoxy) is 1. The molecule has 0 aromatic heterocycles. The van der Waals surface area contributed by atoms with Gasteiger partial charge in [0.2, 0.25) is 5.91 Å². The fraction of sp³-hybridized carbons (Fsp3) is 0.480. The smallest absolute Gasteiger partial charge is 0.227 e. The van der Waals surface area contributed by atoms with Gasteiger partial charge in [0.15, 0.2) is 0 Å². The molecule has 3 rings (SSSR count). The summed E-state index contributed by atoms with van der Waals surface area (Å²) >= 11 is 0. The van der Waals surface area contributed by atoms with E-state index in [-0.39, 0.29) is 18.1 Å². The first-order chi connectivity index (χ1) is 14.3. The molecular formula is C25H35N3O2. The van der Waals surface area contributed by atoms with Gasteiger partial charge in [0.1, 0.15) is 5.75 Å². The Morgan fingerprint density at radius 3 is 2.63 bits per heavy atom. The van der Waals surface area contributed by atoms with Gasteiger partial charge in [-0.05, 0) is 70.3 Å². The molecule has 0 unspecified atom stereocenters. The maximum absolute atomic E-state index is 12.0. The summed E-state index contributed by atoms with van der Waals surface area (Å²) in [7, 11) is 0. The van der Waals surface area contributed by atoms with Gasteiger partial charge in [0.05, 0.1) is 11.5 Å². The first-order valence-corrected chi connectivity index (χ1v) is 10.9. The van der Waals surface area contributed by atoms with Crippen molar-refractivity contribution in [1.82, 2.24) is 10.6 Å². The summed E-state index contributed by atoms with van der Waals surface area (Å²) in [6, 6.07) is 17.2. The van der Waals surface area contributed by atoms with Gasteiger partial charge < -0.3 is 21.1 Å². The maximum atomic E-state index is 12.0. The fourth-order valence-corrected chi connectivity index (χ4v) is 3.98. The van der Waals surface area contributed by atoms with Gasteiger partial charge in [-0.3, -0.25) is 4.79 Å². The van der Waals surface area contributed by atoms with Crippen LogP contribution in [0.1, 0.15) is 63.3 Å². The Balaban J connectivity index is 1.83. The molecule has 0 radical (unpaired) electrons. The number of primary amides is 1. The summed E-state index contributed by atoms with van der Waals surface area (Å²) in [4.78, 5) is 12.0. The van der Waals surface area contributed by atoms with Crippen LogP contribution in [0.15, 0.2) is 48.5 Å². The molecule has 2 atom stereocenters. The average molecular weight is 410 g/mol. The van der Waals surface area contributed by atoms with Crippen molar-refractivity contribution in [2.75, 3.05) is 6.54 Å². The molecule has 5 nitrogen and oxygen atoms in total. The van der Waals surface area contributed by atoms with E-state index >= 15 is 0 Å². The van der Waals surface area contributed by atoms with Crippen LogP contribution in [-0.2, 0) is 16.8 Å². The highest BCUT2D eigenvalue weighted by Crippen LogP contribution is 2.30. The molecule has 162 valence electrons. The second-order valence-electron chi connectivity index (χ2n) is 8.95. The molecule has 0 aliphatic carbocycles. The van der Waals surface area contributed by atoms with E-state index in [4.69, 9.17) is 10.5 Å². The number of hydrogen-bond acceptors (Lipinski definition) is 4. The minimum atomic E-state index is -0.732. The van der Waals surface area contributed by atoms with Crippen molar-refractivity contribution in [1.29, 1.82) is 0 Å². The van der Waals surface area contributed by atoms with Crippen LogP contribution in [0.3, 0.4) is 0 Å². The summed E-state index contributed by atoms with van der Waals surface area (Å²) < 4.78 is 6.05. The van der Waals surface area contributed by atoms with Crippen molar-refractivity contribution >= 4 is 5.91 Å². The van der Waals surface area contributed by atoms with Crippen LogP contribution in [0, 0.1) is 0 Å². The van der Waals surface area contributed by atoms with E-state index in [0.29, 0.717) is 12.6 Å². The third kappa shape index (κ3) is 5.21. The Morgan fingerprint density at radius 1 is 1.23 bits per heavy atom. The second-order valence-corrected chi connectivity index (χ2v) is 8.95. The Kier molecular flexibility index (Phi) is 7.16. The van der Waals surface area contributed by atoms with Gasteiger partial charge >= 0.3 is 0 Å². The molecule has 4 N–H and O–H groups in total. The lowest BCUT2D eigenvalue weighted by atomic mass is 9.83. The molecule has 2 aromatic rings. The van der Waals surface area contributed by atoms with Gasteiger partial charge in [0, 0.05) is 24.2 Å². The van der Waals surface area contributed by atoms with Gasteiger partial charge in [-0.25, -0.2) is 0 Å². The summed E-state index contributed by atoms with van der Waals surface area (Å²) in [5.74, 6) is 0.515. The van der Waals surface area contributed by atoms with Crippen LogP contribution >= 0.6 is 0 Å². The lowest BCUT2D eigenvalue weighted by Gasteiger charge is -2.34. The first-order valence-electron chi connectivity index (χ1n) is 10.9. The molecule has 1 aliphatic rings. The van der Waals surface area contributed by atoms with E-state index < -0.39 is 5.41 Å². The quantitative estimate of drug-likeness (QED) is 0.619. The average Bonchev–Trinajstić information content (AvgIpc) is 2.73. The van der Waals surface area contributed by atoms with Crippen LogP contribution in [0.5, 0.6) is 5.75 Å². The number of hydrogen-bond donors (Lipinski definition) is 3. The minimum Gasteiger partial charge on any atom is -0.491 e. The van der Waals surface area contributed by atoms with Crippen molar-refractivity contribution in [3.8, 4) is 5.75 Å². The van der Waals surface area contributed by atoms with Crippen LogP contribution in [-0.4, -0.2) is 24.6 Å². The highest BCUT2D eigenvalue weighted by atomic mass is 16.5. The van der Waals surface area contributed by atoms with Crippen molar-refractivity contribution in [2.45, 2.75) is 70.7 Å². The molecule has 1 saturated heterocycles. The number of nitrogens with two attached hydrogens (primary N) is 1. The number of nitrogens with one attached hydrogen (secondary N) is 2. The zero-order valence-electron chi connectivity index (χ0n) is 18.6. The Labute approximate surface area is 180 Å². The van der Waals surface area contributed by atoms with Crippen molar-refractivity contribution in [2.24, 2.45) is 5.73 Å². The maximum Gasteiger partial charge on any atom is 0.227 e. The van der Waals surface area contributed by atoms with E-state index in [1.807, 2.05) is 39.8 Å². The van der Waals surface area contributed by atoms with E-state index in [9.17, 15) is 4.79 Å². The number of benzene rings is 2. The van der Waals surface area contributed by atoms with E-state index in [1.165, 1.54) is 5.56 Å². The van der Waals surface area contributed by atoms with Crippen molar-refractivity contribution in [3.63, 3.8) is 0 Å². The molecule has 2 aromatic carbocycles. The van der Waals surface area contributed by atoms with Crippen LogP contribution in [0.25, 0.3) is 0 Å². The number of carbonyl (C=O) groups excluding carboxylic acids is 1. The molecule has 1 aliphatic heterocycles. The molecule has 30 heavy (non-hydrogen) atoms. The van der Waals surface area contributed by atoms with E-state index in [1.54, 1.807) is 0 Å². The first kappa shape index (κ1) is 22.3. The van der Waals surface area contributed by atoms with Gasteiger partial charge in [0.25, 0.3) is 0 Å². The molecule has 1 heterocycles. The highest BCUT2D eigenvalue weighted by Gasteiger charge is 2.29. The lowest BCUT2D eigenvalue weighted by Crippen LogP contribution is -2.45. The molecule has 1 fully saturated rings. The minimum absolute atomic E-state index is 0.0761. The largest absolute Gasteiger partial charge is 0.491 e. The van der Waals surface area contributed by atoms with Crippen molar-refractivity contribution in [3.05, 3.63) is 65.2 Å². The summed E-state index contributed by atoms with van der Waals surface area (Å²) in [5.41, 5.74) is 8.18. The molecule has 0 spiro atoms. The Bertz CT molecular complexity index is 849. The molecule has 0 bridgehead atoms. The number of amides is 1. The van der Waals surface area contributed by atoms with Crippen LogP contribution in [0.4, 0.5) is 0 Å².